The number of amides is 1. The van der Waals surface area contributed by atoms with Gasteiger partial charge in [0.2, 0.25) is 5.91 Å². The van der Waals surface area contributed by atoms with Crippen molar-refractivity contribution < 1.29 is 14.7 Å². The Balaban J connectivity index is 2.12. The number of aliphatic carboxylic acids is 1. The lowest BCUT2D eigenvalue weighted by atomic mass is 10.0. The molecule has 2 unspecified atom stereocenters. The number of carboxylic acid groups (broad SMARTS) is 1. The molecule has 0 bridgehead atoms. The third kappa shape index (κ3) is 3.00. The van der Waals surface area contributed by atoms with Gasteiger partial charge < -0.3 is 10.0 Å². The molecule has 0 aliphatic heterocycles. The molecule has 20 heavy (non-hydrogen) atoms. The highest BCUT2D eigenvalue weighted by atomic mass is 16.4. The Bertz CT molecular complexity index is 512. The minimum Gasteiger partial charge on any atom is -0.481 e. The fraction of sp³-hybridized carbons (Fsp3) is 0.500. The topological polar surface area (TPSA) is 57.6 Å². The quantitative estimate of drug-likeness (QED) is 0.919. The van der Waals surface area contributed by atoms with E-state index in [0.717, 1.165) is 11.3 Å². The van der Waals surface area contributed by atoms with Gasteiger partial charge in [0.15, 0.2) is 0 Å². The lowest BCUT2D eigenvalue weighted by molar-refractivity contribution is -0.141. The van der Waals surface area contributed by atoms with Crippen molar-refractivity contribution in [2.75, 3.05) is 11.4 Å². The Hall–Kier alpha value is -1.84. The lowest BCUT2D eigenvalue weighted by Gasteiger charge is -2.24. The second-order valence-corrected chi connectivity index (χ2v) is 5.47. The SMILES string of the molecule is CCN(C(=O)C1CCC(C(=O)O)C1)c1cccc(C)c1. The molecular formula is C16H21NO3. The first kappa shape index (κ1) is 14.6. The van der Waals surface area contributed by atoms with Crippen molar-refractivity contribution in [3.63, 3.8) is 0 Å². The molecule has 1 N–H and O–H groups in total. The summed E-state index contributed by atoms with van der Waals surface area (Å²) in [5.74, 6) is -1.24. The van der Waals surface area contributed by atoms with Crippen LogP contribution in [0.15, 0.2) is 24.3 Å². The van der Waals surface area contributed by atoms with Crippen LogP contribution in [0.2, 0.25) is 0 Å². The molecule has 1 aromatic carbocycles. The van der Waals surface area contributed by atoms with Gasteiger partial charge in [-0.05, 0) is 50.8 Å². The van der Waals surface area contributed by atoms with Crippen LogP contribution in [0.4, 0.5) is 5.69 Å². The first-order chi connectivity index (χ1) is 9.52. The number of benzene rings is 1. The highest BCUT2D eigenvalue weighted by molar-refractivity contribution is 5.95. The molecule has 1 fully saturated rings. The lowest BCUT2D eigenvalue weighted by Crippen LogP contribution is -2.35. The molecule has 0 radical (unpaired) electrons. The second-order valence-electron chi connectivity index (χ2n) is 5.47. The third-order valence-corrected chi connectivity index (χ3v) is 4.03. The smallest absolute Gasteiger partial charge is 0.306 e. The minimum absolute atomic E-state index is 0.0573. The molecule has 4 heteroatoms. The monoisotopic (exact) mass is 275 g/mol. The first-order valence-electron chi connectivity index (χ1n) is 7.13. The van der Waals surface area contributed by atoms with Crippen LogP contribution in [-0.2, 0) is 9.59 Å². The van der Waals surface area contributed by atoms with Gasteiger partial charge in [0, 0.05) is 18.2 Å². The molecule has 0 heterocycles. The maximum Gasteiger partial charge on any atom is 0.306 e. The zero-order valence-electron chi connectivity index (χ0n) is 12.0. The number of carbonyl (C=O) groups excluding carboxylic acids is 1. The molecule has 4 nitrogen and oxygen atoms in total. The standard InChI is InChI=1S/C16H21NO3/c1-3-17(14-6-4-5-11(2)9-14)15(18)12-7-8-13(10-12)16(19)20/h4-6,9,12-13H,3,7-8,10H2,1-2H3,(H,19,20). The first-order valence-corrected chi connectivity index (χ1v) is 7.13. The fourth-order valence-corrected chi connectivity index (χ4v) is 2.91. The van der Waals surface area contributed by atoms with Gasteiger partial charge >= 0.3 is 5.97 Å². The summed E-state index contributed by atoms with van der Waals surface area (Å²) in [6.07, 6.45) is 1.76. The summed E-state index contributed by atoms with van der Waals surface area (Å²) in [5, 5.41) is 9.04. The van der Waals surface area contributed by atoms with Crippen molar-refractivity contribution in [1.29, 1.82) is 0 Å². The molecular weight excluding hydrogens is 254 g/mol. The van der Waals surface area contributed by atoms with E-state index in [2.05, 4.69) is 0 Å². The van der Waals surface area contributed by atoms with Gasteiger partial charge in [0.25, 0.3) is 0 Å². The van der Waals surface area contributed by atoms with Crippen molar-refractivity contribution in [2.45, 2.75) is 33.1 Å². The number of anilines is 1. The zero-order valence-corrected chi connectivity index (χ0v) is 12.0. The summed E-state index contributed by atoms with van der Waals surface area (Å²) < 4.78 is 0. The van der Waals surface area contributed by atoms with E-state index in [1.54, 1.807) is 4.90 Å². The van der Waals surface area contributed by atoms with Gasteiger partial charge in [-0.1, -0.05) is 12.1 Å². The normalized spacial score (nSPS) is 21.7. The Labute approximate surface area is 119 Å². The summed E-state index contributed by atoms with van der Waals surface area (Å²) >= 11 is 0. The Morgan fingerprint density at radius 1 is 1.30 bits per heavy atom. The molecule has 1 saturated carbocycles. The summed E-state index contributed by atoms with van der Waals surface area (Å²) in [5.41, 5.74) is 2.01. The van der Waals surface area contributed by atoms with Crippen LogP contribution in [0.1, 0.15) is 31.7 Å². The van der Waals surface area contributed by atoms with E-state index < -0.39 is 5.97 Å². The predicted octanol–water partition coefficient (Wildman–Crippen LogP) is 2.85. The molecule has 0 saturated heterocycles. The number of carboxylic acids is 1. The molecule has 0 aromatic heterocycles. The van der Waals surface area contributed by atoms with Crippen molar-refractivity contribution in [3.05, 3.63) is 29.8 Å². The van der Waals surface area contributed by atoms with E-state index in [1.807, 2.05) is 38.1 Å². The molecule has 2 atom stereocenters. The summed E-state index contributed by atoms with van der Waals surface area (Å²) in [4.78, 5) is 25.4. The molecule has 108 valence electrons. The Morgan fingerprint density at radius 3 is 2.55 bits per heavy atom. The molecule has 1 aromatic rings. The largest absolute Gasteiger partial charge is 0.481 e. The second kappa shape index (κ2) is 6.07. The molecule has 1 aliphatic rings. The van der Waals surface area contributed by atoms with Crippen LogP contribution in [-0.4, -0.2) is 23.5 Å². The average molecular weight is 275 g/mol. The van der Waals surface area contributed by atoms with Crippen LogP contribution in [0.3, 0.4) is 0 Å². The van der Waals surface area contributed by atoms with E-state index in [9.17, 15) is 9.59 Å². The average Bonchev–Trinajstić information content (AvgIpc) is 2.89. The van der Waals surface area contributed by atoms with Crippen LogP contribution >= 0.6 is 0 Å². The summed E-state index contributed by atoms with van der Waals surface area (Å²) in [6.45, 7) is 4.55. The number of hydrogen-bond acceptors (Lipinski definition) is 2. The molecule has 2 rings (SSSR count). The van der Waals surface area contributed by atoms with Crippen molar-refractivity contribution >= 4 is 17.6 Å². The maximum atomic E-state index is 12.6. The van der Waals surface area contributed by atoms with Crippen LogP contribution in [0.5, 0.6) is 0 Å². The van der Waals surface area contributed by atoms with Gasteiger partial charge in [0.1, 0.15) is 0 Å². The Kier molecular flexibility index (Phi) is 4.42. The van der Waals surface area contributed by atoms with Crippen LogP contribution < -0.4 is 4.90 Å². The summed E-state index contributed by atoms with van der Waals surface area (Å²) in [6, 6.07) is 7.86. The third-order valence-electron chi connectivity index (χ3n) is 4.03. The van der Waals surface area contributed by atoms with Crippen LogP contribution in [0, 0.1) is 18.8 Å². The number of carbonyl (C=O) groups is 2. The van der Waals surface area contributed by atoms with E-state index >= 15 is 0 Å². The zero-order chi connectivity index (χ0) is 14.7. The molecule has 1 amide bonds. The molecule has 1 aliphatic carbocycles. The summed E-state index contributed by atoms with van der Waals surface area (Å²) in [7, 11) is 0. The number of rotatable bonds is 4. The number of hydrogen-bond donors (Lipinski definition) is 1. The maximum absolute atomic E-state index is 12.6. The Morgan fingerprint density at radius 2 is 2.00 bits per heavy atom. The molecule has 0 spiro atoms. The fourth-order valence-electron chi connectivity index (χ4n) is 2.91. The highest BCUT2D eigenvalue weighted by Crippen LogP contribution is 2.33. The van der Waals surface area contributed by atoms with Gasteiger partial charge in [-0.2, -0.15) is 0 Å². The van der Waals surface area contributed by atoms with Gasteiger partial charge in [-0.15, -0.1) is 0 Å². The van der Waals surface area contributed by atoms with Crippen molar-refractivity contribution in [3.8, 4) is 0 Å². The van der Waals surface area contributed by atoms with Crippen LogP contribution in [0.25, 0.3) is 0 Å². The van der Waals surface area contributed by atoms with E-state index in [4.69, 9.17) is 5.11 Å². The number of aryl methyl sites for hydroxylation is 1. The van der Waals surface area contributed by atoms with E-state index in [1.165, 1.54) is 0 Å². The van der Waals surface area contributed by atoms with Crippen molar-refractivity contribution in [2.24, 2.45) is 11.8 Å². The number of nitrogens with zero attached hydrogens (tertiary/aromatic N) is 1. The van der Waals surface area contributed by atoms with Gasteiger partial charge in [-0.25, -0.2) is 0 Å². The minimum atomic E-state index is -0.779. The van der Waals surface area contributed by atoms with Gasteiger partial charge in [-0.3, -0.25) is 9.59 Å². The highest BCUT2D eigenvalue weighted by Gasteiger charge is 2.35. The van der Waals surface area contributed by atoms with Crippen molar-refractivity contribution in [1.82, 2.24) is 0 Å². The van der Waals surface area contributed by atoms with E-state index in [0.29, 0.717) is 25.8 Å². The van der Waals surface area contributed by atoms with E-state index in [-0.39, 0.29) is 17.7 Å². The van der Waals surface area contributed by atoms with Gasteiger partial charge in [0.05, 0.1) is 5.92 Å². The predicted molar refractivity (Wildman–Crippen MR) is 77.7 cm³/mol.